The SMILES string of the molecule is CC(=O)OCCCCC#Cc1ccc2c3ccc4c5c(cc(-c6c(C(C)C)cccc6C(C)C)c(c6cccc1c26)c53)C(=O)NC4=O. The first-order valence-corrected chi connectivity index (χ1v) is 16.5. The molecule has 1 N–H and O–H groups in total. The van der Waals surface area contributed by atoms with Crippen molar-refractivity contribution in [2.24, 2.45) is 0 Å². The van der Waals surface area contributed by atoms with Crippen molar-refractivity contribution in [1.29, 1.82) is 0 Å². The lowest BCUT2D eigenvalue weighted by atomic mass is 9.78. The Bertz CT molecular complexity index is 2310. The second-order valence-corrected chi connectivity index (χ2v) is 13.1. The van der Waals surface area contributed by atoms with Crippen LogP contribution in [-0.4, -0.2) is 24.4 Å². The molecule has 1 aliphatic heterocycles. The van der Waals surface area contributed by atoms with Gasteiger partial charge in [0.05, 0.1) is 6.61 Å². The molecule has 1 heterocycles. The van der Waals surface area contributed by atoms with Crippen molar-refractivity contribution in [3.8, 4) is 23.0 Å². The zero-order valence-corrected chi connectivity index (χ0v) is 27.5. The molecule has 0 bridgehead atoms. The number of unbranched alkanes of at least 4 members (excludes halogenated alkanes) is 2. The third kappa shape index (κ3) is 5.00. The highest BCUT2D eigenvalue weighted by atomic mass is 16.5. The number of rotatable bonds is 7. The van der Waals surface area contributed by atoms with Gasteiger partial charge in [0.2, 0.25) is 0 Å². The molecule has 2 amide bonds. The summed E-state index contributed by atoms with van der Waals surface area (Å²) < 4.78 is 5.05. The first kappa shape index (κ1) is 30.4. The predicted molar refractivity (Wildman–Crippen MR) is 190 cm³/mol. The Morgan fingerprint density at radius 3 is 2.09 bits per heavy atom. The van der Waals surface area contributed by atoms with Gasteiger partial charge >= 0.3 is 5.97 Å². The van der Waals surface area contributed by atoms with Crippen LogP contribution in [0.25, 0.3) is 54.2 Å². The van der Waals surface area contributed by atoms with E-state index in [-0.39, 0.29) is 29.6 Å². The number of hydrogen-bond acceptors (Lipinski definition) is 4. The molecule has 0 unspecified atom stereocenters. The zero-order chi connectivity index (χ0) is 33.0. The van der Waals surface area contributed by atoms with Gasteiger partial charge in [-0.25, -0.2) is 0 Å². The van der Waals surface area contributed by atoms with Gasteiger partial charge < -0.3 is 4.74 Å². The minimum atomic E-state index is -0.360. The number of benzene rings is 6. The molecule has 1 aliphatic rings. The van der Waals surface area contributed by atoms with Gasteiger partial charge in [-0.1, -0.05) is 88.1 Å². The van der Waals surface area contributed by atoms with Gasteiger partial charge in [0.15, 0.2) is 0 Å². The highest BCUT2D eigenvalue weighted by molar-refractivity contribution is 6.40. The van der Waals surface area contributed by atoms with Crippen molar-refractivity contribution < 1.29 is 19.1 Å². The summed E-state index contributed by atoms with van der Waals surface area (Å²) in [4.78, 5) is 37.8. The number of esters is 1. The number of nitrogens with one attached hydrogen (secondary N) is 1. The normalized spacial score (nSPS) is 12.8. The first-order chi connectivity index (χ1) is 22.7. The zero-order valence-electron chi connectivity index (χ0n) is 27.5. The molecule has 0 aliphatic carbocycles. The lowest BCUT2D eigenvalue weighted by Crippen LogP contribution is -2.34. The van der Waals surface area contributed by atoms with E-state index in [4.69, 9.17) is 4.74 Å². The summed E-state index contributed by atoms with van der Waals surface area (Å²) in [6.07, 6.45) is 2.34. The van der Waals surface area contributed by atoms with E-state index in [1.165, 1.54) is 18.1 Å². The molecule has 0 saturated heterocycles. The van der Waals surface area contributed by atoms with Crippen LogP contribution in [0.2, 0.25) is 0 Å². The fraction of sp³-hybridized carbons (Fsp3) is 0.262. The molecule has 5 nitrogen and oxygen atoms in total. The van der Waals surface area contributed by atoms with E-state index in [9.17, 15) is 14.4 Å². The summed E-state index contributed by atoms with van der Waals surface area (Å²) >= 11 is 0. The number of carbonyl (C=O) groups excluding carboxylic acids is 3. The average Bonchev–Trinajstić information content (AvgIpc) is 3.05. The molecule has 0 atom stereocenters. The molecule has 7 rings (SSSR count). The number of amides is 2. The van der Waals surface area contributed by atoms with Crippen molar-refractivity contribution in [1.82, 2.24) is 5.32 Å². The summed E-state index contributed by atoms with van der Waals surface area (Å²) in [6, 6.07) is 23.1. The number of ether oxygens (including phenoxy) is 1. The molecule has 234 valence electrons. The molecule has 5 heteroatoms. The lowest BCUT2D eigenvalue weighted by Gasteiger charge is -2.26. The molecule has 0 fully saturated rings. The Hall–Kier alpha value is -5.21. The van der Waals surface area contributed by atoms with Crippen LogP contribution >= 0.6 is 0 Å². The van der Waals surface area contributed by atoms with Crippen LogP contribution in [0.3, 0.4) is 0 Å². The second kappa shape index (κ2) is 11.9. The number of imide groups is 1. The summed E-state index contributed by atoms with van der Waals surface area (Å²) in [5.41, 5.74) is 6.67. The van der Waals surface area contributed by atoms with Crippen molar-refractivity contribution in [3.05, 3.63) is 94.5 Å². The summed E-state index contributed by atoms with van der Waals surface area (Å²) in [5, 5.41) is 10.7. The summed E-state index contributed by atoms with van der Waals surface area (Å²) in [7, 11) is 0. The van der Waals surface area contributed by atoms with Gasteiger partial charge in [0, 0.05) is 35.4 Å². The predicted octanol–water partition coefficient (Wildman–Crippen LogP) is 9.62. The molecular weight excluding hydrogens is 582 g/mol. The van der Waals surface area contributed by atoms with Crippen LogP contribution in [-0.2, 0) is 9.53 Å². The third-order valence-corrected chi connectivity index (χ3v) is 9.47. The Morgan fingerprint density at radius 1 is 0.702 bits per heavy atom. The molecule has 0 saturated carbocycles. The molecule has 0 radical (unpaired) electrons. The average molecular weight is 620 g/mol. The van der Waals surface area contributed by atoms with Crippen LogP contribution in [0.1, 0.15) is 103 Å². The highest BCUT2D eigenvalue weighted by Gasteiger charge is 2.31. The quantitative estimate of drug-likeness (QED) is 0.0482. The maximum absolute atomic E-state index is 13.6. The van der Waals surface area contributed by atoms with Gasteiger partial charge in [-0.3, -0.25) is 19.7 Å². The van der Waals surface area contributed by atoms with Crippen molar-refractivity contribution in [2.75, 3.05) is 6.61 Å². The van der Waals surface area contributed by atoms with Crippen LogP contribution in [0, 0.1) is 11.8 Å². The number of hydrogen-bond donors (Lipinski definition) is 1. The molecule has 47 heavy (non-hydrogen) atoms. The summed E-state index contributed by atoms with van der Waals surface area (Å²) in [6.45, 7) is 10.7. The van der Waals surface area contributed by atoms with E-state index < -0.39 is 0 Å². The lowest BCUT2D eigenvalue weighted by molar-refractivity contribution is -0.141. The fourth-order valence-electron chi connectivity index (χ4n) is 7.37. The highest BCUT2D eigenvalue weighted by Crippen LogP contribution is 2.49. The Balaban J connectivity index is 1.56. The topological polar surface area (TPSA) is 72.5 Å². The minimum Gasteiger partial charge on any atom is -0.466 e. The Morgan fingerprint density at radius 2 is 1.36 bits per heavy atom. The van der Waals surface area contributed by atoms with Gasteiger partial charge in [0.1, 0.15) is 0 Å². The third-order valence-electron chi connectivity index (χ3n) is 9.47. The minimum absolute atomic E-state index is 0.256. The fourth-order valence-corrected chi connectivity index (χ4v) is 7.37. The summed E-state index contributed by atoms with van der Waals surface area (Å²) in [5.74, 6) is 6.30. The van der Waals surface area contributed by atoms with Gasteiger partial charge in [-0.15, -0.1) is 0 Å². The van der Waals surface area contributed by atoms with Crippen molar-refractivity contribution in [2.45, 2.75) is 65.7 Å². The van der Waals surface area contributed by atoms with E-state index in [0.717, 1.165) is 72.6 Å². The Kier molecular flexibility index (Phi) is 7.68. The monoisotopic (exact) mass is 619 g/mol. The number of carbonyl (C=O) groups is 3. The van der Waals surface area contributed by atoms with E-state index in [2.05, 4.69) is 93.4 Å². The van der Waals surface area contributed by atoms with E-state index >= 15 is 0 Å². The van der Waals surface area contributed by atoms with E-state index in [1.54, 1.807) is 0 Å². The molecule has 6 aromatic carbocycles. The van der Waals surface area contributed by atoms with Gasteiger partial charge in [-0.05, 0) is 103 Å². The maximum Gasteiger partial charge on any atom is 0.302 e. The molecular formula is C42H37NO4. The van der Waals surface area contributed by atoms with Crippen LogP contribution in [0.15, 0.2) is 66.7 Å². The van der Waals surface area contributed by atoms with E-state index in [0.29, 0.717) is 24.2 Å². The Labute approximate surface area is 274 Å². The maximum atomic E-state index is 13.6. The van der Waals surface area contributed by atoms with Crippen molar-refractivity contribution in [3.63, 3.8) is 0 Å². The van der Waals surface area contributed by atoms with Crippen LogP contribution < -0.4 is 5.32 Å². The first-order valence-electron chi connectivity index (χ1n) is 16.5. The number of fused-ring (bicyclic) bond motifs is 2. The van der Waals surface area contributed by atoms with Gasteiger partial charge in [-0.2, -0.15) is 0 Å². The molecule has 6 aromatic rings. The van der Waals surface area contributed by atoms with Crippen LogP contribution in [0.5, 0.6) is 0 Å². The largest absolute Gasteiger partial charge is 0.466 e. The molecule has 0 aromatic heterocycles. The standard InChI is InChI=1S/C42H37NO4/c1-23(2)27-13-10-14-28(24(3)4)36(27)34-22-35-39-33(41(45)43-42(35)46)20-19-31-30-18-17-26(12-8-6-7-9-21-47-25(5)44)29-15-11-16-32(37(29)30)38(34)40(31)39/h10-11,13-20,22-24H,6-7,9,21H2,1-5H3,(H,43,45,46). The van der Waals surface area contributed by atoms with Crippen LogP contribution in [0.4, 0.5) is 0 Å². The smallest absolute Gasteiger partial charge is 0.302 e. The van der Waals surface area contributed by atoms with Crippen molar-refractivity contribution >= 4 is 60.9 Å². The van der Waals surface area contributed by atoms with Gasteiger partial charge in [0.25, 0.3) is 11.8 Å². The van der Waals surface area contributed by atoms with E-state index in [1.807, 2.05) is 18.2 Å². The second-order valence-electron chi connectivity index (χ2n) is 13.1. The molecule has 0 spiro atoms.